The fourth-order valence-corrected chi connectivity index (χ4v) is 4.00. The monoisotopic (exact) mass is 496 g/mol. The van der Waals surface area contributed by atoms with Gasteiger partial charge in [0, 0.05) is 36.1 Å². The first kappa shape index (κ1) is 23.6. The molecule has 5 rings (SSSR count). The minimum Gasteiger partial charge on any atom is -0.351 e. The molecule has 1 aliphatic heterocycles. The molecule has 1 fully saturated rings. The third kappa shape index (κ3) is 4.68. The summed E-state index contributed by atoms with van der Waals surface area (Å²) in [5, 5.41) is 5.86. The average molecular weight is 496 g/mol. The van der Waals surface area contributed by atoms with Gasteiger partial charge in [-0.1, -0.05) is 12.1 Å². The summed E-state index contributed by atoms with van der Waals surface area (Å²) >= 11 is 0. The Labute approximate surface area is 205 Å². The zero-order valence-corrected chi connectivity index (χ0v) is 19.6. The third-order valence-corrected chi connectivity index (χ3v) is 6.13. The van der Waals surface area contributed by atoms with Crippen molar-refractivity contribution in [3.05, 3.63) is 70.9 Å². The fraction of sp³-hybridized carbons (Fsp3) is 0.280. The summed E-state index contributed by atoms with van der Waals surface area (Å²) < 4.78 is 39.1. The lowest BCUT2D eigenvalue weighted by atomic mass is 10.1. The number of amides is 3. The summed E-state index contributed by atoms with van der Waals surface area (Å²) in [6, 6.07) is 9.28. The van der Waals surface area contributed by atoms with E-state index in [0.717, 1.165) is 36.1 Å². The van der Waals surface area contributed by atoms with Crippen LogP contribution in [0.2, 0.25) is 0 Å². The van der Waals surface area contributed by atoms with Crippen LogP contribution in [-0.4, -0.2) is 35.0 Å². The number of hydrogen-bond acceptors (Lipinski definition) is 5. The van der Waals surface area contributed by atoms with Crippen LogP contribution in [0, 0.1) is 6.92 Å². The number of urea groups is 1. The predicted molar refractivity (Wildman–Crippen MR) is 129 cm³/mol. The van der Waals surface area contributed by atoms with Gasteiger partial charge in [0.2, 0.25) is 5.95 Å². The van der Waals surface area contributed by atoms with Gasteiger partial charge in [-0.05, 0) is 55.7 Å². The van der Waals surface area contributed by atoms with Crippen molar-refractivity contribution in [1.82, 2.24) is 9.97 Å². The number of carbonyl (C=O) groups excluding carboxylic acids is 2. The highest BCUT2D eigenvalue weighted by atomic mass is 19.4. The molecule has 36 heavy (non-hydrogen) atoms. The Balaban J connectivity index is 1.39. The van der Waals surface area contributed by atoms with E-state index in [9.17, 15) is 22.8 Å². The molecule has 2 aromatic carbocycles. The lowest BCUT2D eigenvalue weighted by Crippen LogP contribution is -2.46. The molecule has 0 atom stereocenters. The number of nitrogens with zero attached hydrogens (tertiary/aromatic N) is 4. The van der Waals surface area contributed by atoms with Crippen molar-refractivity contribution in [2.75, 3.05) is 27.5 Å². The van der Waals surface area contributed by atoms with Crippen molar-refractivity contribution in [3.8, 4) is 0 Å². The first-order chi connectivity index (χ1) is 17.1. The smallest absolute Gasteiger partial charge is 0.351 e. The Morgan fingerprint density at radius 1 is 1.14 bits per heavy atom. The van der Waals surface area contributed by atoms with Gasteiger partial charge in [-0.3, -0.25) is 14.6 Å². The van der Waals surface area contributed by atoms with Crippen LogP contribution in [-0.2, 0) is 12.7 Å². The van der Waals surface area contributed by atoms with Gasteiger partial charge < -0.3 is 10.6 Å². The van der Waals surface area contributed by atoms with Crippen molar-refractivity contribution < 1.29 is 22.8 Å². The predicted octanol–water partition coefficient (Wildman–Crippen LogP) is 5.21. The van der Waals surface area contributed by atoms with E-state index in [1.165, 1.54) is 17.0 Å². The normalized spacial score (nSPS) is 15.5. The highest BCUT2D eigenvalue weighted by molar-refractivity contribution is 6.07. The number of aryl methyl sites for hydroxylation is 1. The summed E-state index contributed by atoms with van der Waals surface area (Å²) in [7, 11) is 1.63. The summed E-state index contributed by atoms with van der Waals surface area (Å²) in [5.41, 5.74) is 1.42. The highest BCUT2D eigenvalue weighted by Crippen LogP contribution is 2.34. The molecule has 3 aromatic rings. The number of nitrogens with one attached hydrogen (secondary N) is 2. The van der Waals surface area contributed by atoms with Crippen molar-refractivity contribution in [3.63, 3.8) is 0 Å². The van der Waals surface area contributed by atoms with Gasteiger partial charge in [0.15, 0.2) is 0 Å². The molecule has 1 aromatic heterocycles. The van der Waals surface area contributed by atoms with Crippen LogP contribution < -0.4 is 20.4 Å². The molecule has 3 amide bonds. The number of benzene rings is 2. The van der Waals surface area contributed by atoms with Crippen LogP contribution in [0.3, 0.4) is 0 Å². The Bertz CT molecular complexity index is 1360. The maximum absolute atomic E-state index is 13.3. The van der Waals surface area contributed by atoms with Gasteiger partial charge in [0.25, 0.3) is 5.91 Å². The second-order valence-electron chi connectivity index (χ2n) is 8.92. The van der Waals surface area contributed by atoms with Crippen LogP contribution in [0.15, 0.2) is 48.7 Å². The third-order valence-electron chi connectivity index (χ3n) is 6.13. The molecule has 2 N–H and O–H groups in total. The van der Waals surface area contributed by atoms with E-state index < -0.39 is 17.6 Å². The summed E-state index contributed by atoms with van der Waals surface area (Å²) in [4.78, 5) is 37.8. The second-order valence-corrected chi connectivity index (χ2v) is 8.92. The lowest BCUT2D eigenvalue weighted by Gasteiger charge is -2.35. The standard InChI is InChI=1S/C25H23F3N6O2/c1-14-6-7-19(30-22(35)15-4-3-5-17(10-15)25(26,27)28)11-20(14)34-13-16-12-29-23(31-18-8-9-18)32-21(16)33(2)24(34)36/h3-7,10-12,18H,8-9,13H2,1-2H3,(H,30,35)(H,29,31,32). The van der Waals surface area contributed by atoms with E-state index in [-0.39, 0.29) is 18.1 Å². The topological polar surface area (TPSA) is 90.5 Å². The quantitative estimate of drug-likeness (QED) is 0.506. The number of halogens is 3. The first-order valence-electron chi connectivity index (χ1n) is 11.4. The van der Waals surface area contributed by atoms with Crippen LogP contribution in [0.1, 0.15) is 39.9 Å². The minimum absolute atomic E-state index is 0.123. The van der Waals surface area contributed by atoms with Gasteiger partial charge in [0.1, 0.15) is 5.82 Å². The van der Waals surface area contributed by atoms with Gasteiger partial charge >= 0.3 is 12.2 Å². The molecule has 2 aliphatic rings. The molecule has 1 aliphatic carbocycles. The van der Waals surface area contributed by atoms with Crippen LogP contribution in [0.5, 0.6) is 0 Å². The lowest BCUT2D eigenvalue weighted by molar-refractivity contribution is -0.137. The first-order valence-corrected chi connectivity index (χ1v) is 11.4. The Kier molecular flexibility index (Phi) is 5.77. The number of hydrogen-bond donors (Lipinski definition) is 2. The molecule has 0 radical (unpaired) electrons. The van der Waals surface area contributed by atoms with Crippen LogP contribution >= 0.6 is 0 Å². The Morgan fingerprint density at radius 3 is 2.64 bits per heavy atom. The summed E-state index contributed by atoms with van der Waals surface area (Å²) in [5.74, 6) is 0.327. The van der Waals surface area contributed by atoms with Crippen molar-refractivity contribution in [1.29, 1.82) is 0 Å². The van der Waals surface area contributed by atoms with E-state index in [1.807, 2.05) is 6.92 Å². The summed E-state index contributed by atoms with van der Waals surface area (Å²) in [6.07, 6.45) is -0.716. The van der Waals surface area contributed by atoms with E-state index in [1.54, 1.807) is 36.3 Å². The number of alkyl halides is 3. The molecule has 2 heterocycles. The van der Waals surface area contributed by atoms with Gasteiger partial charge in [0.05, 0.1) is 17.8 Å². The largest absolute Gasteiger partial charge is 0.416 e. The maximum Gasteiger partial charge on any atom is 0.416 e. The molecule has 0 bridgehead atoms. The van der Waals surface area contributed by atoms with Crippen LogP contribution in [0.4, 0.5) is 41.1 Å². The van der Waals surface area contributed by atoms with E-state index >= 15 is 0 Å². The average Bonchev–Trinajstić information content (AvgIpc) is 3.66. The molecule has 0 saturated heterocycles. The van der Waals surface area contributed by atoms with Crippen molar-refractivity contribution >= 4 is 35.1 Å². The highest BCUT2D eigenvalue weighted by Gasteiger charge is 2.33. The van der Waals surface area contributed by atoms with Crippen molar-refractivity contribution in [2.24, 2.45) is 0 Å². The molecule has 186 valence electrons. The number of aromatic nitrogens is 2. The molecule has 1 saturated carbocycles. The minimum atomic E-state index is -4.55. The Morgan fingerprint density at radius 2 is 1.92 bits per heavy atom. The number of anilines is 4. The SMILES string of the molecule is Cc1ccc(NC(=O)c2cccc(C(F)(F)F)c2)cc1N1Cc2cnc(NC3CC3)nc2N(C)C1=O. The molecular weight excluding hydrogens is 473 g/mol. The number of rotatable bonds is 5. The van der Waals surface area contributed by atoms with Gasteiger partial charge in [-0.25, -0.2) is 9.78 Å². The van der Waals surface area contributed by atoms with E-state index in [4.69, 9.17) is 0 Å². The van der Waals surface area contributed by atoms with Gasteiger partial charge in [-0.15, -0.1) is 0 Å². The molecule has 0 spiro atoms. The molecule has 0 unspecified atom stereocenters. The number of fused-ring (bicyclic) bond motifs is 1. The van der Waals surface area contributed by atoms with Gasteiger partial charge in [-0.2, -0.15) is 18.2 Å². The molecule has 8 nitrogen and oxygen atoms in total. The maximum atomic E-state index is 13.3. The fourth-order valence-electron chi connectivity index (χ4n) is 4.00. The molecule has 11 heteroatoms. The number of carbonyl (C=O) groups is 2. The Hall–Kier alpha value is -4.15. The van der Waals surface area contributed by atoms with E-state index in [0.29, 0.717) is 29.2 Å². The van der Waals surface area contributed by atoms with Crippen molar-refractivity contribution in [2.45, 2.75) is 38.5 Å². The van der Waals surface area contributed by atoms with E-state index in [2.05, 4.69) is 20.6 Å². The second kappa shape index (κ2) is 8.81. The summed E-state index contributed by atoms with van der Waals surface area (Å²) in [6.45, 7) is 2.06. The van der Waals surface area contributed by atoms with Crippen LogP contribution in [0.25, 0.3) is 0 Å². The zero-order chi connectivity index (χ0) is 25.6. The molecular formula is C25H23F3N6O2. The zero-order valence-electron chi connectivity index (χ0n) is 19.6.